The van der Waals surface area contributed by atoms with E-state index < -0.39 is 12.1 Å². The number of hydrogen-bond acceptors (Lipinski definition) is 3. The summed E-state index contributed by atoms with van der Waals surface area (Å²) in [5.41, 5.74) is 5.56. The molecule has 0 rings (SSSR count). The fourth-order valence-corrected chi connectivity index (χ4v) is 2.53. The molecule has 0 heterocycles. The Hall–Kier alpha value is 0.170. The highest BCUT2D eigenvalue weighted by atomic mass is 35.5. The van der Waals surface area contributed by atoms with E-state index in [2.05, 4.69) is 6.92 Å². The van der Waals surface area contributed by atoms with Crippen LogP contribution in [-0.4, -0.2) is 29.0 Å². The van der Waals surface area contributed by atoms with Crippen LogP contribution in [0.4, 0.5) is 0 Å². The zero-order valence-corrected chi connectivity index (χ0v) is 14.8. The SMILES string of the molecule is CCCCCCCCCCCCCC[C@@H](O)[C@@H](N)CO.Cl. The van der Waals surface area contributed by atoms with Gasteiger partial charge in [0.15, 0.2) is 0 Å². The Labute approximate surface area is 138 Å². The highest BCUT2D eigenvalue weighted by molar-refractivity contribution is 5.85. The van der Waals surface area contributed by atoms with Crippen LogP contribution in [0.5, 0.6) is 0 Å². The number of unbranched alkanes of at least 4 members (excludes halogenated alkanes) is 11. The van der Waals surface area contributed by atoms with Gasteiger partial charge in [-0.05, 0) is 6.42 Å². The summed E-state index contributed by atoms with van der Waals surface area (Å²) in [7, 11) is 0. The normalized spacial score (nSPS) is 13.7. The third kappa shape index (κ3) is 16.4. The first kappa shape index (κ1) is 23.4. The van der Waals surface area contributed by atoms with Gasteiger partial charge in [-0.2, -0.15) is 0 Å². The maximum absolute atomic E-state index is 9.59. The molecule has 0 saturated heterocycles. The van der Waals surface area contributed by atoms with E-state index in [1.54, 1.807) is 0 Å². The van der Waals surface area contributed by atoms with E-state index in [0.29, 0.717) is 0 Å². The molecule has 0 fully saturated rings. The highest BCUT2D eigenvalue weighted by Gasteiger charge is 2.12. The Balaban J connectivity index is 0. The number of rotatable bonds is 15. The lowest BCUT2D eigenvalue weighted by molar-refractivity contribution is 0.0990. The summed E-state index contributed by atoms with van der Waals surface area (Å²) in [6.07, 6.45) is 16.0. The lowest BCUT2D eigenvalue weighted by Gasteiger charge is -2.15. The van der Waals surface area contributed by atoms with E-state index in [1.807, 2.05) is 0 Å². The van der Waals surface area contributed by atoms with Crippen LogP contribution in [0.25, 0.3) is 0 Å². The molecular weight excluding hydrogens is 286 g/mol. The van der Waals surface area contributed by atoms with Crippen LogP contribution in [0, 0.1) is 0 Å². The predicted octanol–water partition coefficient (Wildman–Crippen LogP) is 4.18. The Morgan fingerprint density at radius 3 is 1.52 bits per heavy atom. The summed E-state index contributed by atoms with van der Waals surface area (Å²) >= 11 is 0. The lowest BCUT2D eigenvalue weighted by Crippen LogP contribution is -2.37. The first-order valence-corrected chi connectivity index (χ1v) is 8.76. The van der Waals surface area contributed by atoms with Crippen molar-refractivity contribution in [2.45, 2.75) is 103 Å². The van der Waals surface area contributed by atoms with E-state index >= 15 is 0 Å². The van der Waals surface area contributed by atoms with Crippen molar-refractivity contribution in [3.63, 3.8) is 0 Å². The predicted molar refractivity (Wildman–Crippen MR) is 94.0 cm³/mol. The second-order valence-corrected chi connectivity index (χ2v) is 6.09. The summed E-state index contributed by atoms with van der Waals surface area (Å²) in [6, 6.07) is -0.470. The van der Waals surface area contributed by atoms with Crippen LogP contribution in [0.2, 0.25) is 0 Å². The van der Waals surface area contributed by atoms with Gasteiger partial charge in [-0.1, -0.05) is 84.0 Å². The first-order chi connectivity index (χ1) is 9.72. The van der Waals surface area contributed by atoms with Gasteiger partial charge in [0.2, 0.25) is 0 Å². The Morgan fingerprint density at radius 1 is 0.762 bits per heavy atom. The minimum absolute atomic E-state index is 0. The van der Waals surface area contributed by atoms with Crippen LogP contribution < -0.4 is 5.73 Å². The molecule has 0 aliphatic carbocycles. The molecule has 0 saturated carbocycles. The van der Waals surface area contributed by atoms with E-state index in [-0.39, 0.29) is 19.0 Å². The lowest BCUT2D eigenvalue weighted by atomic mass is 10.0. The average Bonchev–Trinajstić information content (AvgIpc) is 2.47. The zero-order chi connectivity index (χ0) is 15.1. The summed E-state index contributed by atoms with van der Waals surface area (Å²) in [5.74, 6) is 0. The van der Waals surface area contributed by atoms with E-state index in [0.717, 1.165) is 12.8 Å². The highest BCUT2D eigenvalue weighted by Crippen LogP contribution is 2.13. The van der Waals surface area contributed by atoms with Gasteiger partial charge < -0.3 is 15.9 Å². The van der Waals surface area contributed by atoms with Gasteiger partial charge in [-0.25, -0.2) is 0 Å². The van der Waals surface area contributed by atoms with Crippen molar-refractivity contribution in [3.8, 4) is 0 Å². The van der Waals surface area contributed by atoms with E-state index in [1.165, 1.54) is 70.6 Å². The molecule has 4 heteroatoms. The van der Waals surface area contributed by atoms with Crippen molar-refractivity contribution in [1.82, 2.24) is 0 Å². The molecule has 2 atom stereocenters. The third-order valence-corrected chi connectivity index (χ3v) is 4.06. The molecule has 0 bridgehead atoms. The quantitative estimate of drug-likeness (QED) is 0.396. The minimum atomic E-state index is -0.539. The number of hydrogen-bond donors (Lipinski definition) is 3. The standard InChI is InChI=1S/C17H37NO2.ClH/c1-2-3-4-5-6-7-8-9-10-11-12-13-14-17(20)16(18)15-19;/h16-17,19-20H,2-15,18H2,1H3;1H/t16-,17+;/m0./s1. The van der Waals surface area contributed by atoms with Crippen molar-refractivity contribution >= 4 is 12.4 Å². The molecule has 0 amide bonds. The second-order valence-electron chi connectivity index (χ2n) is 6.09. The molecule has 4 N–H and O–H groups in total. The van der Waals surface area contributed by atoms with E-state index in [9.17, 15) is 5.11 Å². The fraction of sp³-hybridized carbons (Fsp3) is 1.00. The van der Waals surface area contributed by atoms with Crippen molar-refractivity contribution < 1.29 is 10.2 Å². The molecule has 0 aliphatic rings. The fourth-order valence-electron chi connectivity index (χ4n) is 2.53. The topological polar surface area (TPSA) is 66.5 Å². The largest absolute Gasteiger partial charge is 0.395 e. The number of aliphatic hydroxyl groups excluding tert-OH is 2. The zero-order valence-electron chi connectivity index (χ0n) is 13.9. The maximum Gasteiger partial charge on any atom is 0.0713 e. The molecule has 3 nitrogen and oxygen atoms in total. The summed E-state index contributed by atoms with van der Waals surface area (Å²) in [4.78, 5) is 0. The number of aliphatic hydroxyl groups is 2. The molecule has 0 spiro atoms. The Kier molecular flexibility index (Phi) is 20.3. The van der Waals surface area contributed by atoms with Gasteiger partial charge in [0.25, 0.3) is 0 Å². The first-order valence-electron chi connectivity index (χ1n) is 8.76. The van der Waals surface area contributed by atoms with Crippen molar-refractivity contribution in [1.29, 1.82) is 0 Å². The number of halogens is 1. The van der Waals surface area contributed by atoms with Crippen LogP contribution in [-0.2, 0) is 0 Å². The van der Waals surface area contributed by atoms with Gasteiger partial charge >= 0.3 is 0 Å². The van der Waals surface area contributed by atoms with E-state index in [4.69, 9.17) is 10.8 Å². The monoisotopic (exact) mass is 323 g/mol. The van der Waals surface area contributed by atoms with Crippen LogP contribution in [0.1, 0.15) is 90.4 Å². The molecule has 0 aromatic carbocycles. The molecule has 130 valence electrons. The maximum atomic E-state index is 9.59. The van der Waals surface area contributed by atoms with Crippen molar-refractivity contribution in [2.24, 2.45) is 5.73 Å². The van der Waals surface area contributed by atoms with Crippen molar-refractivity contribution in [3.05, 3.63) is 0 Å². The average molecular weight is 324 g/mol. The third-order valence-electron chi connectivity index (χ3n) is 4.06. The number of nitrogens with two attached hydrogens (primary N) is 1. The van der Waals surface area contributed by atoms with Gasteiger partial charge in [-0.15, -0.1) is 12.4 Å². The van der Waals surface area contributed by atoms with Gasteiger partial charge in [0.05, 0.1) is 18.8 Å². The summed E-state index contributed by atoms with van der Waals surface area (Å²) in [6.45, 7) is 2.13. The summed E-state index contributed by atoms with van der Waals surface area (Å²) in [5, 5.41) is 18.4. The smallest absolute Gasteiger partial charge is 0.0713 e. The molecule has 0 aromatic rings. The van der Waals surface area contributed by atoms with Crippen molar-refractivity contribution in [2.75, 3.05) is 6.61 Å². The van der Waals surface area contributed by atoms with Gasteiger partial charge in [0.1, 0.15) is 0 Å². The minimum Gasteiger partial charge on any atom is -0.395 e. The Bertz CT molecular complexity index is 194. The van der Waals surface area contributed by atoms with Gasteiger partial charge in [0, 0.05) is 0 Å². The van der Waals surface area contributed by atoms with Gasteiger partial charge in [-0.3, -0.25) is 0 Å². The molecule has 0 unspecified atom stereocenters. The molecule has 0 radical (unpaired) electrons. The molecule has 21 heavy (non-hydrogen) atoms. The Morgan fingerprint density at radius 2 is 1.14 bits per heavy atom. The molecule has 0 aliphatic heterocycles. The van der Waals surface area contributed by atoms with Crippen LogP contribution in [0.3, 0.4) is 0 Å². The second kappa shape index (κ2) is 18.2. The summed E-state index contributed by atoms with van der Waals surface area (Å²) < 4.78 is 0. The molecule has 0 aromatic heterocycles. The van der Waals surface area contributed by atoms with Crippen LogP contribution >= 0.6 is 12.4 Å². The molecular formula is C17H38ClNO2. The van der Waals surface area contributed by atoms with Crippen LogP contribution in [0.15, 0.2) is 0 Å².